The molecule has 1 amide bonds. The Bertz CT molecular complexity index is 481. The lowest BCUT2D eigenvalue weighted by molar-refractivity contribution is 0.0946. The minimum atomic E-state index is -0.173. The Morgan fingerprint density at radius 1 is 1.44 bits per heavy atom. The molecule has 0 bridgehead atoms. The average molecular weight is 233 g/mol. The number of thiazole rings is 1. The Morgan fingerprint density at radius 2 is 2.31 bits per heavy atom. The summed E-state index contributed by atoms with van der Waals surface area (Å²) >= 11 is 1.58. The van der Waals surface area contributed by atoms with E-state index in [4.69, 9.17) is 0 Å². The normalized spacial score (nSPS) is 10.1. The van der Waals surface area contributed by atoms with E-state index in [1.807, 2.05) is 6.92 Å². The van der Waals surface area contributed by atoms with Crippen molar-refractivity contribution < 1.29 is 4.79 Å². The molecule has 0 radical (unpaired) electrons. The highest BCUT2D eigenvalue weighted by molar-refractivity contribution is 7.11. The van der Waals surface area contributed by atoms with E-state index in [-0.39, 0.29) is 5.91 Å². The van der Waals surface area contributed by atoms with E-state index in [1.54, 1.807) is 41.9 Å². The van der Waals surface area contributed by atoms with Crippen LogP contribution in [0.15, 0.2) is 30.6 Å². The van der Waals surface area contributed by atoms with Gasteiger partial charge in [0.15, 0.2) is 0 Å². The van der Waals surface area contributed by atoms with Gasteiger partial charge < -0.3 is 5.32 Å². The van der Waals surface area contributed by atoms with Gasteiger partial charge in [-0.2, -0.15) is 0 Å². The maximum absolute atomic E-state index is 11.6. The van der Waals surface area contributed by atoms with Gasteiger partial charge in [0.05, 0.1) is 6.54 Å². The van der Waals surface area contributed by atoms with Gasteiger partial charge in [-0.05, 0) is 19.1 Å². The van der Waals surface area contributed by atoms with Crippen molar-refractivity contribution in [2.75, 3.05) is 0 Å². The molecule has 0 atom stereocenters. The number of hydrogen-bond acceptors (Lipinski definition) is 4. The van der Waals surface area contributed by atoms with E-state index >= 15 is 0 Å². The summed E-state index contributed by atoms with van der Waals surface area (Å²) in [6.45, 7) is 2.44. The van der Waals surface area contributed by atoms with Crippen LogP contribution in [0.1, 0.15) is 20.4 Å². The third kappa shape index (κ3) is 2.64. The minimum absolute atomic E-state index is 0.173. The summed E-state index contributed by atoms with van der Waals surface area (Å²) in [7, 11) is 0. The summed E-state index contributed by atoms with van der Waals surface area (Å²) in [5.74, 6) is -0.173. The van der Waals surface area contributed by atoms with Crippen LogP contribution in [0.25, 0.3) is 0 Å². The lowest BCUT2D eigenvalue weighted by Gasteiger charge is -2.01. The zero-order valence-corrected chi connectivity index (χ0v) is 9.62. The number of pyridine rings is 1. The number of amides is 1. The molecule has 0 aliphatic carbocycles. The molecular weight excluding hydrogens is 222 g/mol. The Kier molecular flexibility index (Phi) is 3.26. The summed E-state index contributed by atoms with van der Waals surface area (Å²) in [5, 5.41) is 3.68. The summed E-state index contributed by atoms with van der Waals surface area (Å²) < 4.78 is 0. The van der Waals surface area contributed by atoms with Crippen molar-refractivity contribution in [3.63, 3.8) is 0 Å². The Morgan fingerprint density at radius 3 is 2.94 bits per heavy atom. The molecule has 0 fully saturated rings. The first-order valence-corrected chi connectivity index (χ1v) is 5.68. The van der Waals surface area contributed by atoms with Crippen molar-refractivity contribution in [2.24, 2.45) is 0 Å². The molecule has 5 heteroatoms. The molecule has 0 aromatic carbocycles. The first-order chi connectivity index (χ1) is 7.75. The van der Waals surface area contributed by atoms with Crippen molar-refractivity contribution in [1.82, 2.24) is 15.3 Å². The van der Waals surface area contributed by atoms with Gasteiger partial charge in [0.2, 0.25) is 0 Å². The number of rotatable bonds is 3. The molecule has 0 aliphatic heterocycles. The molecule has 0 unspecified atom stereocenters. The van der Waals surface area contributed by atoms with Crippen LogP contribution in [0.2, 0.25) is 0 Å². The maximum atomic E-state index is 11.6. The number of carbonyl (C=O) groups excluding carboxylic acids is 1. The van der Waals surface area contributed by atoms with E-state index in [0.717, 1.165) is 9.88 Å². The monoisotopic (exact) mass is 233 g/mol. The summed E-state index contributed by atoms with van der Waals surface area (Å²) in [6, 6.07) is 5.25. The van der Waals surface area contributed by atoms with Crippen LogP contribution in [-0.2, 0) is 6.54 Å². The fraction of sp³-hybridized carbons (Fsp3) is 0.182. The number of aromatic nitrogens is 2. The quantitative estimate of drug-likeness (QED) is 0.879. The van der Waals surface area contributed by atoms with Crippen LogP contribution in [0.3, 0.4) is 0 Å². The van der Waals surface area contributed by atoms with Gasteiger partial charge in [0, 0.05) is 17.3 Å². The molecule has 0 saturated carbocycles. The summed E-state index contributed by atoms with van der Waals surface area (Å²) in [4.78, 5) is 20.9. The molecule has 2 heterocycles. The predicted octanol–water partition coefficient (Wildman–Crippen LogP) is 1.78. The zero-order chi connectivity index (χ0) is 11.4. The lowest BCUT2D eigenvalue weighted by Crippen LogP contribution is -2.23. The largest absolute Gasteiger partial charge is 0.344 e. The van der Waals surface area contributed by atoms with Gasteiger partial charge in [-0.1, -0.05) is 6.07 Å². The number of carbonyl (C=O) groups is 1. The first-order valence-electron chi connectivity index (χ1n) is 4.86. The van der Waals surface area contributed by atoms with Crippen LogP contribution in [0.4, 0.5) is 0 Å². The highest BCUT2D eigenvalue weighted by Crippen LogP contribution is 2.10. The fourth-order valence-corrected chi connectivity index (χ4v) is 1.95. The summed E-state index contributed by atoms with van der Waals surface area (Å²) in [5.41, 5.74) is 0.427. The van der Waals surface area contributed by atoms with Gasteiger partial charge >= 0.3 is 0 Å². The van der Waals surface area contributed by atoms with Gasteiger partial charge in [-0.3, -0.25) is 9.78 Å². The molecule has 4 nitrogen and oxygen atoms in total. The lowest BCUT2D eigenvalue weighted by atomic mass is 10.3. The number of nitrogens with one attached hydrogen (secondary N) is 1. The molecule has 16 heavy (non-hydrogen) atoms. The fourth-order valence-electron chi connectivity index (χ4n) is 1.23. The van der Waals surface area contributed by atoms with E-state index in [1.165, 1.54) is 0 Å². The predicted molar refractivity (Wildman–Crippen MR) is 62.3 cm³/mol. The highest BCUT2D eigenvalue weighted by atomic mass is 32.1. The van der Waals surface area contributed by atoms with Crippen molar-refractivity contribution in [1.29, 1.82) is 0 Å². The number of aryl methyl sites for hydroxylation is 1. The molecule has 2 rings (SSSR count). The third-order valence-electron chi connectivity index (χ3n) is 1.97. The SMILES string of the molecule is Cc1cnc(CNC(=O)c2ccccn2)s1. The second-order valence-electron chi connectivity index (χ2n) is 3.26. The second kappa shape index (κ2) is 4.85. The summed E-state index contributed by atoms with van der Waals surface area (Å²) in [6.07, 6.45) is 3.40. The molecule has 0 aliphatic rings. The molecule has 82 valence electrons. The van der Waals surface area contributed by atoms with Crippen molar-refractivity contribution in [3.05, 3.63) is 46.2 Å². The molecule has 2 aromatic rings. The molecule has 2 aromatic heterocycles. The molecular formula is C11H11N3OS. The highest BCUT2D eigenvalue weighted by Gasteiger charge is 2.06. The first kappa shape index (κ1) is 10.8. The van der Waals surface area contributed by atoms with E-state index in [0.29, 0.717) is 12.2 Å². The Hall–Kier alpha value is -1.75. The van der Waals surface area contributed by atoms with Gasteiger partial charge in [0.25, 0.3) is 5.91 Å². The third-order valence-corrected chi connectivity index (χ3v) is 2.88. The van der Waals surface area contributed by atoms with Gasteiger partial charge in [0.1, 0.15) is 10.7 Å². The number of hydrogen-bond donors (Lipinski definition) is 1. The van der Waals surface area contributed by atoms with Crippen LogP contribution in [0, 0.1) is 6.92 Å². The van der Waals surface area contributed by atoms with Crippen LogP contribution in [0.5, 0.6) is 0 Å². The van der Waals surface area contributed by atoms with Crippen LogP contribution < -0.4 is 5.32 Å². The van der Waals surface area contributed by atoms with Crippen molar-refractivity contribution in [2.45, 2.75) is 13.5 Å². The maximum Gasteiger partial charge on any atom is 0.270 e. The average Bonchev–Trinajstić information content (AvgIpc) is 2.73. The van der Waals surface area contributed by atoms with E-state index < -0.39 is 0 Å². The minimum Gasteiger partial charge on any atom is -0.344 e. The molecule has 0 saturated heterocycles. The molecule has 1 N–H and O–H groups in total. The van der Waals surface area contributed by atoms with Gasteiger partial charge in [-0.15, -0.1) is 11.3 Å². The Balaban J connectivity index is 1.94. The van der Waals surface area contributed by atoms with Crippen LogP contribution in [-0.4, -0.2) is 15.9 Å². The smallest absolute Gasteiger partial charge is 0.270 e. The standard InChI is InChI=1S/C11H11N3OS/c1-8-6-13-10(16-8)7-14-11(15)9-4-2-3-5-12-9/h2-6H,7H2,1H3,(H,14,15). The topological polar surface area (TPSA) is 54.9 Å². The van der Waals surface area contributed by atoms with Gasteiger partial charge in [-0.25, -0.2) is 4.98 Å². The number of nitrogens with zero attached hydrogens (tertiary/aromatic N) is 2. The second-order valence-corrected chi connectivity index (χ2v) is 4.58. The van der Waals surface area contributed by atoms with Crippen molar-refractivity contribution in [3.8, 4) is 0 Å². The zero-order valence-electron chi connectivity index (χ0n) is 8.80. The van der Waals surface area contributed by atoms with Crippen molar-refractivity contribution >= 4 is 17.2 Å². The van der Waals surface area contributed by atoms with E-state index in [9.17, 15) is 4.79 Å². The van der Waals surface area contributed by atoms with Crippen LogP contribution >= 0.6 is 11.3 Å². The Labute approximate surface area is 97.4 Å². The van der Waals surface area contributed by atoms with E-state index in [2.05, 4.69) is 15.3 Å². The molecule has 0 spiro atoms.